The number of hydrogen-bond donors (Lipinski definition) is 1. The van der Waals surface area contributed by atoms with Gasteiger partial charge in [0.2, 0.25) is 5.28 Å². The van der Waals surface area contributed by atoms with E-state index < -0.39 is 11.7 Å². The van der Waals surface area contributed by atoms with Crippen LogP contribution in [-0.4, -0.2) is 15.9 Å². The van der Waals surface area contributed by atoms with Crippen molar-refractivity contribution in [1.82, 2.24) is 9.97 Å². The molecule has 1 aromatic carbocycles. The number of aryl methyl sites for hydroxylation is 1. The minimum absolute atomic E-state index is 0.0853. The maximum Gasteiger partial charge on any atom is 0.256 e. The van der Waals surface area contributed by atoms with E-state index in [0.717, 1.165) is 6.07 Å². The smallest absolute Gasteiger partial charge is 0.256 e. The summed E-state index contributed by atoms with van der Waals surface area (Å²) in [6.45, 7) is 1.61. The number of carbonyl (C=O) groups excluding carboxylic acids is 1. The summed E-state index contributed by atoms with van der Waals surface area (Å²) in [5.41, 5.74) is 0.638. The molecule has 0 aliphatic rings. The normalized spacial score (nSPS) is 10.3. The van der Waals surface area contributed by atoms with E-state index in [1.54, 1.807) is 6.92 Å². The van der Waals surface area contributed by atoms with E-state index >= 15 is 0 Å². The van der Waals surface area contributed by atoms with Crippen molar-refractivity contribution in [1.29, 1.82) is 0 Å². The van der Waals surface area contributed by atoms with E-state index in [9.17, 15) is 9.18 Å². The van der Waals surface area contributed by atoms with Crippen LogP contribution in [0, 0.1) is 12.7 Å². The number of anilines is 1. The molecule has 0 saturated carbocycles. The van der Waals surface area contributed by atoms with Crippen molar-refractivity contribution in [3.05, 3.63) is 51.6 Å². The SMILES string of the molecule is Cc1ccc(C(=O)Nc2cc(Cl)nc(Cl)n2)cc1F. The second-order valence-corrected chi connectivity index (χ2v) is 4.49. The number of amides is 1. The minimum Gasteiger partial charge on any atom is -0.306 e. The van der Waals surface area contributed by atoms with Gasteiger partial charge >= 0.3 is 0 Å². The molecule has 98 valence electrons. The van der Waals surface area contributed by atoms with Gasteiger partial charge < -0.3 is 5.32 Å². The summed E-state index contributed by atoms with van der Waals surface area (Å²) in [5.74, 6) is -0.813. The van der Waals surface area contributed by atoms with Crippen molar-refractivity contribution < 1.29 is 9.18 Å². The molecule has 0 spiro atoms. The van der Waals surface area contributed by atoms with E-state index in [0.29, 0.717) is 5.56 Å². The third kappa shape index (κ3) is 3.39. The molecule has 0 bridgehead atoms. The number of carbonyl (C=O) groups is 1. The number of nitrogens with one attached hydrogen (secondary N) is 1. The zero-order valence-corrected chi connectivity index (χ0v) is 11.3. The molecule has 19 heavy (non-hydrogen) atoms. The van der Waals surface area contributed by atoms with E-state index in [-0.39, 0.29) is 21.8 Å². The number of nitrogens with zero attached hydrogens (tertiary/aromatic N) is 2. The topological polar surface area (TPSA) is 54.9 Å². The second kappa shape index (κ2) is 5.50. The summed E-state index contributed by atoms with van der Waals surface area (Å²) in [5, 5.41) is 2.48. The van der Waals surface area contributed by atoms with E-state index in [4.69, 9.17) is 23.2 Å². The summed E-state index contributed by atoms with van der Waals surface area (Å²) in [6, 6.07) is 5.52. The summed E-state index contributed by atoms with van der Waals surface area (Å²) < 4.78 is 13.4. The van der Waals surface area contributed by atoms with Gasteiger partial charge in [0.25, 0.3) is 5.91 Å². The Kier molecular flexibility index (Phi) is 3.97. The van der Waals surface area contributed by atoms with Crippen LogP contribution in [0.4, 0.5) is 10.2 Å². The van der Waals surface area contributed by atoms with Gasteiger partial charge in [-0.05, 0) is 36.2 Å². The van der Waals surface area contributed by atoms with Gasteiger partial charge in [-0.15, -0.1) is 0 Å². The zero-order valence-electron chi connectivity index (χ0n) is 9.75. The minimum atomic E-state index is -0.510. The zero-order chi connectivity index (χ0) is 14.0. The van der Waals surface area contributed by atoms with Crippen molar-refractivity contribution in [3.8, 4) is 0 Å². The molecule has 0 aliphatic heterocycles. The van der Waals surface area contributed by atoms with Crippen LogP contribution in [0.1, 0.15) is 15.9 Å². The first-order chi connectivity index (χ1) is 8.95. The highest BCUT2D eigenvalue weighted by Crippen LogP contribution is 2.16. The fraction of sp³-hybridized carbons (Fsp3) is 0.0833. The molecule has 0 atom stereocenters. The van der Waals surface area contributed by atoms with Crippen LogP contribution in [0.5, 0.6) is 0 Å². The Balaban J connectivity index is 2.22. The first-order valence-electron chi connectivity index (χ1n) is 5.23. The molecule has 2 aromatic rings. The van der Waals surface area contributed by atoms with E-state index in [2.05, 4.69) is 15.3 Å². The number of benzene rings is 1. The maximum absolute atomic E-state index is 13.4. The molecule has 1 aromatic heterocycles. The predicted molar refractivity (Wildman–Crippen MR) is 71.1 cm³/mol. The average molecular weight is 300 g/mol. The second-order valence-electron chi connectivity index (χ2n) is 3.76. The summed E-state index contributed by atoms with van der Waals surface area (Å²) in [4.78, 5) is 19.3. The van der Waals surface area contributed by atoms with Gasteiger partial charge in [-0.2, -0.15) is 0 Å². The Morgan fingerprint density at radius 2 is 2.00 bits per heavy atom. The lowest BCUT2D eigenvalue weighted by atomic mass is 10.1. The molecular weight excluding hydrogens is 292 g/mol. The molecule has 0 aliphatic carbocycles. The van der Waals surface area contributed by atoms with Crippen molar-refractivity contribution >= 4 is 34.9 Å². The van der Waals surface area contributed by atoms with Gasteiger partial charge in [0, 0.05) is 11.6 Å². The van der Waals surface area contributed by atoms with Crippen LogP contribution in [0.25, 0.3) is 0 Å². The first kappa shape index (κ1) is 13.7. The Hall–Kier alpha value is -1.72. The van der Waals surface area contributed by atoms with Gasteiger partial charge in [-0.25, -0.2) is 14.4 Å². The number of halogens is 3. The predicted octanol–water partition coefficient (Wildman–Crippen LogP) is 3.48. The third-order valence-corrected chi connectivity index (χ3v) is 2.71. The monoisotopic (exact) mass is 299 g/mol. The van der Waals surface area contributed by atoms with Crippen molar-refractivity contribution in [3.63, 3.8) is 0 Å². The van der Waals surface area contributed by atoms with Gasteiger partial charge in [-0.3, -0.25) is 4.79 Å². The lowest BCUT2D eigenvalue weighted by molar-refractivity contribution is 0.102. The average Bonchev–Trinajstić information content (AvgIpc) is 2.31. The standard InChI is InChI=1S/C12H8Cl2FN3O/c1-6-2-3-7(4-8(6)15)11(19)17-10-5-9(13)16-12(14)18-10/h2-5H,1H3,(H,16,17,18,19). The fourth-order valence-corrected chi connectivity index (χ4v) is 1.79. The van der Waals surface area contributed by atoms with Crippen molar-refractivity contribution in [2.45, 2.75) is 6.92 Å². The lowest BCUT2D eigenvalue weighted by Crippen LogP contribution is -2.13. The Labute approximate surface area is 118 Å². The van der Waals surface area contributed by atoms with Gasteiger partial charge in [-0.1, -0.05) is 17.7 Å². The molecule has 0 saturated heterocycles. The third-order valence-electron chi connectivity index (χ3n) is 2.34. The number of aromatic nitrogens is 2. The molecule has 0 fully saturated rings. The molecule has 1 amide bonds. The maximum atomic E-state index is 13.4. The van der Waals surface area contributed by atoms with Crippen LogP contribution < -0.4 is 5.32 Å². The lowest BCUT2D eigenvalue weighted by Gasteiger charge is -2.06. The van der Waals surface area contributed by atoms with Crippen LogP contribution in [0.2, 0.25) is 10.4 Å². The Morgan fingerprint density at radius 1 is 1.26 bits per heavy atom. The molecule has 4 nitrogen and oxygen atoms in total. The van der Waals surface area contributed by atoms with E-state index in [1.165, 1.54) is 18.2 Å². The molecule has 7 heteroatoms. The highest BCUT2D eigenvalue weighted by Gasteiger charge is 2.10. The molecule has 1 heterocycles. The molecule has 0 radical (unpaired) electrons. The van der Waals surface area contributed by atoms with Gasteiger partial charge in [0.1, 0.15) is 16.8 Å². The summed E-state index contributed by atoms with van der Waals surface area (Å²) in [6.07, 6.45) is 0. The van der Waals surface area contributed by atoms with Crippen molar-refractivity contribution in [2.75, 3.05) is 5.32 Å². The number of hydrogen-bond acceptors (Lipinski definition) is 3. The van der Waals surface area contributed by atoms with Gasteiger partial charge in [0.15, 0.2) is 0 Å². The quantitative estimate of drug-likeness (QED) is 0.682. The Morgan fingerprint density at radius 3 is 2.63 bits per heavy atom. The van der Waals surface area contributed by atoms with Crippen molar-refractivity contribution in [2.24, 2.45) is 0 Å². The molecule has 0 unspecified atom stereocenters. The van der Waals surface area contributed by atoms with Crippen LogP contribution in [-0.2, 0) is 0 Å². The molecular formula is C12H8Cl2FN3O. The largest absolute Gasteiger partial charge is 0.306 e. The highest BCUT2D eigenvalue weighted by molar-refractivity contribution is 6.32. The van der Waals surface area contributed by atoms with E-state index in [1.807, 2.05) is 0 Å². The van der Waals surface area contributed by atoms with Crippen LogP contribution in [0.3, 0.4) is 0 Å². The number of rotatable bonds is 2. The highest BCUT2D eigenvalue weighted by atomic mass is 35.5. The van der Waals surface area contributed by atoms with Gasteiger partial charge in [0.05, 0.1) is 0 Å². The molecule has 2 rings (SSSR count). The summed E-state index contributed by atoms with van der Waals surface area (Å²) >= 11 is 11.3. The molecule has 1 N–H and O–H groups in total. The fourth-order valence-electron chi connectivity index (χ4n) is 1.38. The Bertz CT molecular complexity index is 629. The summed E-state index contributed by atoms with van der Waals surface area (Å²) in [7, 11) is 0. The first-order valence-corrected chi connectivity index (χ1v) is 5.99. The van der Waals surface area contributed by atoms with Crippen LogP contribution in [0.15, 0.2) is 24.3 Å². The van der Waals surface area contributed by atoms with Crippen LogP contribution >= 0.6 is 23.2 Å².